The van der Waals surface area contributed by atoms with Gasteiger partial charge in [-0.2, -0.15) is 0 Å². The Kier molecular flexibility index (Phi) is 3.84. The van der Waals surface area contributed by atoms with Crippen molar-refractivity contribution in [2.75, 3.05) is 0 Å². The van der Waals surface area contributed by atoms with Crippen molar-refractivity contribution in [1.29, 1.82) is 0 Å². The van der Waals surface area contributed by atoms with E-state index in [0.29, 0.717) is 0 Å². The summed E-state index contributed by atoms with van der Waals surface area (Å²) in [7, 11) is 0. The Morgan fingerprint density at radius 2 is 2.17 bits per heavy atom. The van der Waals surface area contributed by atoms with Gasteiger partial charge in [0.1, 0.15) is 0 Å². The number of hydrogen-bond donors (Lipinski definition) is 0. The van der Waals surface area contributed by atoms with Gasteiger partial charge in [-0.05, 0) is 44.9 Å². The van der Waals surface area contributed by atoms with Crippen LogP contribution in [0.2, 0.25) is 0 Å². The molecule has 0 radical (unpaired) electrons. The van der Waals surface area contributed by atoms with Crippen molar-refractivity contribution in [3.05, 3.63) is 11.6 Å². The minimum absolute atomic E-state index is 0.946. The molecule has 0 spiro atoms. The van der Waals surface area contributed by atoms with E-state index in [1.54, 1.807) is 5.57 Å². The van der Waals surface area contributed by atoms with Crippen LogP contribution < -0.4 is 0 Å². The second-order valence-electron chi connectivity index (χ2n) is 4.12. The van der Waals surface area contributed by atoms with Gasteiger partial charge in [-0.15, -0.1) is 0 Å². The zero-order valence-corrected chi connectivity index (χ0v) is 8.77. The molecule has 2 atom stereocenters. The van der Waals surface area contributed by atoms with Crippen LogP contribution in [0.4, 0.5) is 0 Å². The van der Waals surface area contributed by atoms with Gasteiger partial charge in [-0.3, -0.25) is 0 Å². The molecule has 0 heteroatoms. The topological polar surface area (TPSA) is 0 Å². The van der Waals surface area contributed by atoms with Gasteiger partial charge in [0.25, 0.3) is 0 Å². The maximum absolute atomic E-state index is 2.29. The average molecular weight is 166 g/mol. The van der Waals surface area contributed by atoms with E-state index >= 15 is 0 Å². The monoisotopic (exact) mass is 166 g/mol. The fraction of sp³-hybridized carbons (Fsp3) is 0.833. The van der Waals surface area contributed by atoms with Crippen molar-refractivity contribution in [2.24, 2.45) is 11.8 Å². The summed E-state index contributed by atoms with van der Waals surface area (Å²) in [5, 5.41) is 0. The molecule has 0 aromatic rings. The Balaban J connectivity index is 2.29. The maximum atomic E-state index is 2.29. The second-order valence-corrected chi connectivity index (χ2v) is 4.12. The molecule has 0 aromatic heterocycles. The Labute approximate surface area is 77.1 Å². The van der Waals surface area contributed by atoms with Crippen LogP contribution in [0.5, 0.6) is 0 Å². The molecule has 1 aliphatic rings. The summed E-state index contributed by atoms with van der Waals surface area (Å²) in [4.78, 5) is 0. The molecule has 0 N–H and O–H groups in total. The van der Waals surface area contributed by atoms with E-state index < -0.39 is 0 Å². The molecule has 70 valence electrons. The smallest absolute Gasteiger partial charge is 0.0178 e. The summed E-state index contributed by atoms with van der Waals surface area (Å²) in [5.41, 5.74) is 1.63. The van der Waals surface area contributed by atoms with E-state index in [2.05, 4.69) is 26.8 Å². The molecular weight excluding hydrogens is 144 g/mol. The number of hydrogen-bond acceptors (Lipinski definition) is 0. The van der Waals surface area contributed by atoms with E-state index in [-0.39, 0.29) is 0 Å². The highest BCUT2D eigenvalue weighted by molar-refractivity contribution is 5.07. The quantitative estimate of drug-likeness (QED) is 0.550. The molecule has 2 unspecified atom stereocenters. The van der Waals surface area contributed by atoms with Crippen molar-refractivity contribution in [3.8, 4) is 0 Å². The van der Waals surface area contributed by atoms with Crippen molar-refractivity contribution >= 4 is 0 Å². The first-order valence-electron chi connectivity index (χ1n) is 5.42. The summed E-state index contributed by atoms with van der Waals surface area (Å²) in [6.45, 7) is 6.75. The van der Waals surface area contributed by atoms with Gasteiger partial charge < -0.3 is 0 Å². The standard InChI is InChI=1S/C12H22/c1-4-6-7-11-8-9-12(11)10(3)5-2/h5,11-12H,4,6-9H2,1-3H3. The SMILES string of the molecule is CC=C(C)C1CCC1CCCC. The van der Waals surface area contributed by atoms with Crippen LogP contribution in [0.25, 0.3) is 0 Å². The zero-order valence-electron chi connectivity index (χ0n) is 8.77. The lowest BCUT2D eigenvalue weighted by Gasteiger charge is -2.37. The molecule has 1 saturated carbocycles. The van der Waals surface area contributed by atoms with Crippen LogP contribution in [0, 0.1) is 11.8 Å². The van der Waals surface area contributed by atoms with Gasteiger partial charge in [0.2, 0.25) is 0 Å². The summed E-state index contributed by atoms with van der Waals surface area (Å²) in [5.74, 6) is 1.97. The molecule has 0 bridgehead atoms. The fourth-order valence-corrected chi connectivity index (χ4v) is 2.19. The van der Waals surface area contributed by atoms with Crippen molar-refractivity contribution in [2.45, 2.75) is 52.9 Å². The first kappa shape index (κ1) is 9.83. The molecule has 0 aromatic carbocycles. The lowest BCUT2D eigenvalue weighted by Crippen LogP contribution is -2.26. The average Bonchev–Trinajstić information content (AvgIpc) is 2.03. The fourth-order valence-electron chi connectivity index (χ4n) is 2.19. The van der Waals surface area contributed by atoms with Gasteiger partial charge in [-0.1, -0.05) is 31.4 Å². The van der Waals surface area contributed by atoms with E-state index in [1.165, 1.54) is 32.1 Å². The number of unbranched alkanes of at least 4 members (excludes halogenated alkanes) is 1. The molecule has 0 nitrogen and oxygen atoms in total. The lowest BCUT2D eigenvalue weighted by atomic mass is 9.68. The molecule has 1 aliphatic carbocycles. The second kappa shape index (κ2) is 4.69. The Morgan fingerprint density at radius 1 is 1.42 bits per heavy atom. The highest BCUT2D eigenvalue weighted by atomic mass is 14.4. The van der Waals surface area contributed by atoms with Crippen LogP contribution in [0.3, 0.4) is 0 Å². The van der Waals surface area contributed by atoms with Gasteiger partial charge in [0.05, 0.1) is 0 Å². The van der Waals surface area contributed by atoms with E-state index in [9.17, 15) is 0 Å². The molecule has 1 rings (SSSR count). The van der Waals surface area contributed by atoms with Crippen molar-refractivity contribution in [3.63, 3.8) is 0 Å². The van der Waals surface area contributed by atoms with Crippen LogP contribution >= 0.6 is 0 Å². The maximum Gasteiger partial charge on any atom is -0.0178 e. The summed E-state index contributed by atoms with van der Waals surface area (Å²) < 4.78 is 0. The molecule has 0 saturated heterocycles. The largest absolute Gasteiger partial charge is 0.0884 e. The Hall–Kier alpha value is -0.260. The van der Waals surface area contributed by atoms with E-state index in [1.807, 2.05) is 0 Å². The first-order valence-corrected chi connectivity index (χ1v) is 5.42. The molecular formula is C12H22. The third-order valence-corrected chi connectivity index (χ3v) is 3.39. The Morgan fingerprint density at radius 3 is 2.58 bits per heavy atom. The van der Waals surface area contributed by atoms with Gasteiger partial charge >= 0.3 is 0 Å². The molecule has 0 aliphatic heterocycles. The van der Waals surface area contributed by atoms with Crippen LogP contribution in [-0.2, 0) is 0 Å². The predicted octanol–water partition coefficient (Wildman–Crippen LogP) is 4.17. The normalized spacial score (nSPS) is 30.1. The third-order valence-electron chi connectivity index (χ3n) is 3.39. The highest BCUT2D eigenvalue weighted by Gasteiger charge is 2.30. The molecule has 0 amide bonds. The van der Waals surface area contributed by atoms with Gasteiger partial charge in [0.15, 0.2) is 0 Å². The number of rotatable bonds is 4. The highest BCUT2D eigenvalue weighted by Crippen LogP contribution is 2.42. The minimum atomic E-state index is 0.946. The van der Waals surface area contributed by atoms with Gasteiger partial charge in [0, 0.05) is 0 Å². The molecule has 1 fully saturated rings. The summed E-state index contributed by atoms with van der Waals surface area (Å²) in [6, 6.07) is 0. The van der Waals surface area contributed by atoms with Crippen LogP contribution in [0.1, 0.15) is 52.9 Å². The van der Waals surface area contributed by atoms with Crippen LogP contribution in [0.15, 0.2) is 11.6 Å². The summed E-state index contributed by atoms with van der Waals surface area (Å²) >= 11 is 0. The van der Waals surface area contributed by atoms with Crippen molar-refractivity contribution < 1.29 is 0 Å². The molecule has 0 heterocycles. The molecule has 12 heavy (non-hydrogen) atoms. The number of allylic oxidation sites excluding steroid dienone is 2. The first-order chi connectivity index (χ1) is 5.79. The summed E-state index contributed by atoms with van der Waals surface area (Å²) in [6.07, 6.45) is 9.48. The predicted molar refractivity (Wildman–Crippen MR) is 55.2 cm³/mol. The van der Waals surface area contributed by atoms with E-state index in [4.69, 9.17) is 0 Å². The minimum Gasteiger partial charge on any atom is -0.0884 e. The Bertz CT molecular complexity index is 155. The third kappa shape index (κ3) is 2.12. The zero-order chi connectivity index (χ0) is 8.97. The van der Waals surface area contributed by atoms with Crippen molar-refractivity contribution in [1.82, 2.24) is 0 Å². The van der Waals surface area contributed by atoms with Gasteiger partial charge in [-0.25, -0.2) is 0 Å². The lowest BCUT2D eigenvalue weighted by molar-refractivity contribution is 0.195. The van der Waals surface area contributed by atoms with Crippen LogP contribution in [-0.4, -0.2) is 0 Å². The van der Waals surface area contributed by atoms with E-state index in [0.717, 1.165) is 11.8 Å².